The number of benzene rings is 3. The van der Waals surface area contributed by atoms with Crippen molar-refractivity contribution in [1.82, 2.24) is 10.2 Å². The molecule has 1 N–H and O–H groups in total. The highest BCUT2D eigenvalue weighted by atomic mass is 16.2. The molecule has 6 nitrogen and oxygen atoms in total. The molecule has 0 saturated heterocycles. The average Bonchev–Trinajstić information content (AvgIpc) is 3.11. The van der Waals surface area contributed by atoms with Gasteiger partial charge in [-0.1, -0.05) is 68.4 Å². The van der Waals surface area contributed by atoms with Crippen molar-refractivity contribution < 1.29 is 14.4 Å². The summed E-state index contributed by atoms with van der Waals surface area (Å²) in [6, 6.07) is 20.6. The molecule has 0 aromatic heterocycles. The van der Waals surface area contributed by atoms with E-state index in [1.54, 1.807) is 17.9 Å². The molecule has 0 bridgehead atoms. The van der Waals surface area contributed by atoms with Crippen LogP contribution in [0.4, 0.5) is 5.69 Å². The standard InChI is InChI=1S/C28H31N3O3/c1-19(2)17-29-27(33)20(3)30(16-15-21-9-5-4-6-10-21)25(32)18-31-24-14-8-12-22-11-7-13-23(26(22)24)28(31)34/h4-14,19-20H,15-18H2,1-3H3,(H,29,33). The van der Waals surface area contributed by atoms with Crippen molar-refractivity contribution in [2.45, 2.75) is 33.2 Å². The van der Waals surface area contributed by atoms with Gasteiger partial charge in [-0.25, -0.2) is 0 Å². The molecule has 3 aromatic carbocycles. The summed E-state index contributed by atoms with van der Waals surface area (Å²) >= 11 is 0. The fourth-order valence-corrected chi connectivity index (χ4v) is 4.38. The van der Waals surface area contributed by atoms with Crippen LogP contribution in [0, 0.1) is 5.92 Å². The Bertz CT molecular complexity index is 1200. The van der Waals surface area contributed by atoms with Gasteiger partial charge in [-0.3, -0.25) is 19.3 Å². The van der Waals surface area contributed by atoms with Gasteiger partial charge >= 0.3 is 0 Å². The molecule has 1 aliphatic rings. The van der Waals surface area contributed by atoms with Gasteiger partial charge in [0.25, 0.3) is 5.91 Å². The zero-order valence-corrected chi connectivity index (χ0v) is 20.0. The second kappa shape index (κ2) is 10.1. The summed E-state index contributed by atoms with van der Waals surface area (Å²) < 4.78 is 0. The van der Waals surface area contributed by atoms with E-state index in [0.717, 1.165) is 22.0 Å². The van der Waals surface area contributed by atoms with E-state index < -0.39 is 6.04 Å². The molecule has 0 spiro atoms. The maximum Gasteiger partial charge on any atom is 0.259 e. The summed E-state index contributed by atoms with van der Waals surface area (Å²) in [6.07, 6.45) is 0.623. The van der Waals surface area contributed by atoms with E-state index in [9.17, 15) is 14.4 Å². The van der Waals surface area contributed by atoms with E-state index in [2.05, 4.69) is 5.32 Å². The summed E-state index contributed by atoms with van der Waals surface area (Å²) in [5.41, 5.74) is 2.44. The second-order valence-corrected chi connectivity index (χ2v) is 9.21. The first-order valence-electron chi connectivity index (χ1n) is 11.8. The number of nitrogens with zero attached hydrogens (tertiary/aromatic N) is 2. The van der Waals surface area contributed by atoms with Gasteiger partial charge in [0.2, 0.25) is 11.8 Å². The number of hydrogen-bond acceptors (Lipinski definition) is 3. The first-order valence-corrected chi connectivity index (χ1v) is 11.8. The summed E-state index contributed by atoms with van der Waals surface area (Å²) in [7, 11) is 0. The Morgan fingerprint density at radius 1 is 0.941 bits per heavy atom. The number of hydrogen-bond donors (Lipinski definition) is 1. The highest BCUT2D eigenvalue weighted by Gasteiger charge is 2.34. The summed E-state index contributed by atoms with van der Waals surface area (Å²) in [5.74, 6) is -0.305. The van der Waals surface area contributed by atoms with Crippen LogP contribution in [-0.4, -0.2) is 48.3 Å². The minimum atomic E-state index is -0.647. The van der Waals surface area contributed by atoms with Crippen LogP contribution in [0.2, 0.25) is 0 Å². The van der Waals surface area contributed by atoms with Gasteiger partial charge < -0.3 is 10.2 Å². The smallest absolute Gasteiger partial charge is 0.259 e. The Hall–Kier alpha value is -3.67. The number of nitrogens with one attached hydrogen (secondary N) is 1. The number of carbonyl (C=O) groups is 3. The molecule has 0 radical (unpaired) electrons. The zero-order chi connectivity index (χ0) is 24.2. The van der Waals surface area contributed by atoms with Crippen molar-refractivity contribution in [3.63, 3.8) is 0 Å². The van der Waals surface area contributed by atoms with Crippen LogP contribution in [-0.2, 0) is 16.0 Å². The van der Waals surface area contributed by atoms with Crippen molar-refractivity contribution in [3.05, 3.63) is 77.9 Å². The normalized spacial score (nSPS) is 13.4. The lowest BCUT2D eigenvalue weighted by atomic mass is 10.1. The molecule has 6 heteroatoms. The van der Waals surface area contributed by atoms with Gasteiger partial charge in [-0.15, -0.1) is 0 Å². The number of amides is 3. The molecule has 1 aliphatic heterocycles. The molecule has 1 unspecified atom stereocenters. The lowest BCUT2D eigenvalue weighted by molar-refractivity contribution is -0.138. The van der Waals surface area contributed by atoms with E-state index in [1.165, 1.54) is 4.90 Å². The Labute approximate surface area is 200 Å². The molecule has 3 amide bonds. The zero-order valence-electron chi connectivity index (χ0n) is 20.0. The topological polar surface area (TPSA) is 69.7 Å². The molecule has 1 heterocycles. The van der Waals surface area contributed by atoms with Crippen LogP contribution in [0.5, 0.6) is 0 Å². The van der Waals surface area contributed by atoms with Crippen molar-refractivity contribution in [1.29, 1.82) is 0 Å². The van der Waals surface area contributed by atoms with Gasteiger partial charge in [0, 0.05) is 24.0 Å². The van der Waals surface area contributed by atoms with Gasteiger partial charge in [0.1, 0.15) is 12.6 Å². The first kappa shape index (κ1) is 23.5. The van der Waals surface area contributed by atoms with Crippen molar-refractivity contribution in [3.8, 4) is 0 Å². The Morgan fingerprint density at radius 2 is 1.65 bits per heavy atom. The van der Waals surface area contributed by atoms with Gasteiger partial charge in [0.05, 0.1) is 5.69 Å². The largest absolute Gasteiger partial charge is 0.354 e. The fourth-order valence-electron chi connectivity index (χ4n) is 4.38. The molecule has 0 saturated carbocycles. The molecule has 1 atom stereocenters. The van der Waals surface area contributed by atoms with Crippen LogP contribution in [0.25, 0.3) is 10.8 Å². The van der Waals surface area contributed by atoms with Gasteiger partial charge in [-0.05, 0) is 42.3 Å². The summed E-state index contributed by atoms with van der Waals surface area (Å²) in [4.78, 5) is 42.7. The highest BCUT2D eigenvalue weighted by Crippen LogP contribution is 2.37. The monoisotopic (exact) mass is 457 g/mol. The maximum atomic E-state index is 13.6. The Morgan fingerprint density at radius 3 is 2.35 bits per heavy atom. The minimum Gasteiger partial charge on any atom is -0.354 e. The number of carbonyl (C=O) groups excluding carboxylic acids is 3. The minimum absolute atomic E-state index is 0.108. The number of rotatable bonds is 9. The highest BCUT2D eigenvalue weighted by molar-refractivity contribution is 6.26. The molecular weight excluding hydrogens is 426 g/mol. The first-order chi connectivity index (χ1) is 16.4. The molecule has 0 fully saturated rings. The SMILES string of the molecule is CC(C)CNC(=O)C(C)N(CCc1ccccc1)C(=O)CN1C(=O)c2cccc3cccc1c23. The predicted octanol–water partition coefficient (Wildman–Crippen LogP) is 4.03. The molecule has 3 aromatic rings. The van der Waals surface area contributed by atoms with E-state index in [4.69, 9.17) is 0 Å². The van der Waals surface area contributed by atoms with Crippen LogP contribution >= 0.6 is 0 Å². The molecule has 0 aliphatic carbocycles. The quantitative estimate of drug-likeness (QED) is 0.527. The molecule has 4 rings (SSSR count). The second-order valence-electron chi connectivity index (χ2n) is 9.21. The van der Waals surface area contributed by atoms with E-state index in [1.807, 2.05) is 74.5 Å². The summed E-state index contributed by atoms with van der Waals surface area (Å²) in [5, 5.41) is 4.78. The lowest BCUT2D eigenvalue weighted by Crippen LogP contribution is -2.52. The van der Waals surface area contributed by atoms with Crippen LogP contribution in [0.1, 0.15) is 36.7 Å². The molecule has 176 valence electrons. The van der Waals surface area contributed by atoms with Crippen LogP contribution in [0.3, 0.4) is 0 Å². The summed E-state index contributed by atoms with van der Waals surface area (Å²) in [6.45, 7) is 6.63. The predicted molar refractivity (Wildman–Crippen MR) is 135 cm³/mol. The van der Waals surface area contributed by atoms with E-state index in [0.29, 0.717) is 31.0 Å². The van der Waals surface area contributed by atoms with Crippen molar-refractivity contribution in [2.75, 3.05) is 24.5 Å². The Balaban J connectivity index is 1.56. The third-order valence-electron chi connectivity index (χ3n) is 6.28. The third kappa shape index (κ3) is 4.81. The molecular formula is C28H31N3O3. The lowest BCUT2D eigenvalue weighted by Gasteiger charge is -2.30. The van der Waals surface area contributed by atoms with Crippen molar-refractivity contribution >= 4 is 34.2 Å². The van der Waals surface area contributed by atoms with Gasteiger partial charge in [0.15, 0.2) is 0 Å². The van der Waals surface area contributed by atoms with E-state index >= 15 is 0 Å². The van der Waals surface area contributed by atoms with Crippen LogP contribution in [0.15, 0.2) is 66.7 Å². The molecule has 34 heavy (non-hydrogen) atoms. The fraction of sp³-hybridized carbons (Fsp3) is 0.321. The Kier molecular flexibility index (Phi) is 6.96. The van der Waals surface area contributed by atoms with Gasteiger partial charge in [-0.2, -0.15) is 0 Å². The van der Waals surface area contributed by atoms with E-state index in [-0.39, 0.29) is 24.3 Å². The third-order valence-corrected chi connectivity index (χ3v) is 6.28. The maximum absolute atomic E-state index is 13.6. The number of anilines is 1. The van der Waals surface area contributed by atoms with Crippen molar-refractivity contribution in [2.24, 2.45) is 5.92 Å². The van der Waals surface area contributed by atoms with Crippen LogP contribution < -0.4 is 10.2 Å². The average molecular weight is 458 g/mol.